The summed E-state index contributed by atoms with van der Waals surface area (Å²) in [7, 11) is 0. The lowest BCUT2D eigenvalue weighted by atomic mass is 10.1. The average Bonchev–Trinajstić information content (AvgIpc) is 2.38. The molecule has 0 spiro atoms. The second kappa shape index (κ2) is 5.35. The Kier molecular flexibility index (Phi) is 3.57. The molecule has 19 heavy (non-hydrogen) atoms. The van der Waals surface area contributed by atoms with Crippen LogP contribution in [0.3, 0.4) is 0 Å². The van der Waals surface area contributed by atoms with Crippen LogP contribution in [0.1, 0.15) is 13.8 Å². The highest BCUT2D eigenvalue weighted by atomic mass is 16.5. The first-order valence-corrected chi connectivity index (χ1v) is 6.93. The molecule has 2 aliphatic heterocycles. The maximum absolute atomic E-state index is 5.91. The van der Waals surface area contributed by atoms with Gasteiger partial charge < -0.3 is 19.7 Å². The predicted molar refractivity (Wildman–Crippen MR) is 73.7 cm³/mol. The van der Waals surface area contributed by atoms with E-state index >= 15 is 0 Å². The molecule has 2 bridgehead atoms. The minimum atomic E-state index is 0.172. The summed E-state index contributed by atoms with van der Waals surface area (Å²) < 4.78 is 11.6. The molecule has 104 valence electrons. The Morgan fingerprint density at radius 3 is 2.74 bits per heavy atom. The molecule has 0 saturated carbocycles. The van der Waals surface area contributed by atoms with Crippen molar-refractivity contribution in [2.45, 2.75) is 32.2 Å². The zero-order valence-corrected chi connectivity index (χ0v) is 11.5. The molecule has 2 atom stereocenters. The van der Waals surface area contributed by atoms with Crippen LogP contribution in [0.5, 0.6) is 5.75 Å². The van der Waals surface area contributed by atoms with Gasteiger partial charge in [-0.15, -0.1) is 0 Å². The number of ether oxygens (including phenoxy) is 2. The lowest BCUT2D eigenvalue weighted by Crippen LogP contribution is -2.58. The fourth-order valence-electron chi connectivity index (χ4n) is 2.68. The van der Waals surface area contributed by atoms with Gasteiger partial charge in [0.2, 0.25) is 0 Å². The van der Waals surface area contributed by atoms with E-state index in [2.05, 4.69) is 21.3 Å². The molecule has 2 unspecified atom stereocenters. The van der Waals surface area contributed by atoms with Crippen LogP contribution in [0.15, 0.2) is 18.5 Å². The fraction of sp³-hybridized carbons (Fsp3) is 0.643. The number of hydrogen-bond acceptors (Lipinski definition) is 5. The smallest absolute Gasteiger partial charge is 0.140 e. The SMILES string of the molecule is CC(C)Oc1cncc(N2CC3CNCC(C2)O3)c1. The van der Waals surface area contributed by atoms with Crippen LogP contribution in [0, 0.1) is 0 Å². The minimum Gasteiger partial charge on any atom is -0.489 e. The highest BCUT2D eigenvalue weighted by Crippen LogP contribution is 2.24. The molecule has 1 aromatic heterocycles. The largest absolute Gasteiger partial charge is 0.489 e. The molecule has 2 fully saturated rings. The first-order chi connectivity index (χ1) is 9.20. The first-order valence-electron chi connectivity index (χ1n) is 6.93. The number of anilines is 1. The maximum atomic E-state index is 5.91. The Morgan fingerprint density at radius 2 is 2.05 bits per heavy atom. The van der Waals surface area contributed by atoms with Crippen molar-refractivity contribution < 1.29 is 9.47 Å². The van der Waals surface area contributed by atoms with Gasteiger partial charge in [0.1, 0.15) is 5.75 Å². The summed E-state index contributed by atoms with van der Waals surface area (Å²) in [5, 5.41) is 3.40. The molecule has 3 heterocycles. The zero-order chi connectivity index (χ0) is 13.2. The molecule has 1 N–H and O–H groups in total. The summed E-state index contributed by atoms with van der Waals surface area (Å²) in [5.41, 5.74) is 1.12. The van der Waals surface area contributed by atoms with E-state index in [1.165, 1.54) is 0 Å². The summed E-state index contributed by atoms with van der Waals surface area (Å²) in [4.78, 5) is 6.63. The summed E-state index contributed by atoms with van der Waals surface area (Å²) >= 11 is 0. The molecule has 5 heteroatoms. The van der Waals surface area contributed by atoms with Gasteiger partial charge >= 0.3 is 0 Å². The van der Waals surface area contributed by atoms with Crippen molar-refractivity contribution in [2.24, 2.45) is 0 Å². The highest BCUT2D eigenvalue weighted by molar-refractivity contribution is 5.49. The Hall–Kier alpha value is -1.33. The van der Waals surface area contributed by atoms with Crippen LogP contribution < -0.4 is 15.0 Å². The van der Waals surface area contributed by atoms with E-state index in [1.807, 2.05) is 20.0 Å². The molecule has 0 aromatic carbocycles. The van der Waals surface area contributed by atoms with Gasteiger partial charge in [-0.1, -0.05) is 0 Å². The van der Waals surface area contributed by atoms with Gasteiger partial charge in [-0.3, -0.25) is 4.98 Å². The van der Waals surface area contributed by atoms with Crippen molar-refractivity contribution in [2.75, 3.05) is 31.1 Å². The standard InChI is InChI=1S/C14H21N3O2/c1-10(2)18-12-3-11(4-15-5-12)17-8-13-6-16-7-14(9-17)19-13/h3-5,10,13-14,16H,6-9H2,1-2H3. The van der Waals surface area contributed by atoms with Gasteiger partial charge in [0, 0.05) is 32.2 Å². The third-order valence-electron chi connectivity index (χ3n) is 3.41. The summed E-state index contributed by atoms with van der Waals surface area (Å²) in [6.07, 6.45) is 4.41. The van der Waals surface area contributed by atoms with Gasteiger partial charge in [-0.2, -0.15) is 0 Å². The monoisotopic (exact) mass is 263 g/mol. The number of pyridine rings is 1. The average molecular weight is 263 g/mol. The molecule has 0 aliphatic carbocycles. The van der Waals surface area contributed by atoms with Crippen LogP contribution in [0.2, 0.25) is 0 Å². The third kappa shape index (κ3) is 2.98. The Balaban J connectivity index is 1.74. The van der Waals surface area contributed by atoms with Gasteiger partial charge in [-0.25, -0.2) is 0 Å². The first kappa shape index (κ1) is 12.7. The molecule has 0 radical (unpaired) electrons. The quantitative estimate of drug-likeness (QED) is 0.883. The Labute approximate surface area is 113 Å². The van der Waals surface area contributed by atoms with E-state index in [9.17, 15) is 0 Å². The molecule has 1 aromatic rings. The van der Waals surface area contributed by atoms with E-state index < -0.39 is 0 Å². The Bertz CT molecular complexity index is 426. The van der Waals surface area contributed by atoms with E-state index in [-0.39, 0.29) is 18.3 Å². The molecule has 0 amide bonds. The van der Waals surface area contributed by atoms with Crippen molar-refractivity contribution in [3.8, 4) is 5.75 Å². The van der Waals surface area contributed by atoms with Crippen LogP contribution >= 0.6 is 0 Å². The van der Waals surface area contributed by atoms with Gasteiger partial charge in [0.25, 0.3) is 0 Å². The number of morpholine rings is 2. The minimum absolute atomic E-state index is 0.172. The van der Waals surface area contributed by atoms with Gasteiger partial charge in [0.15, 0.2) is 0 Å². The lowest BCUT2D eigenvalue weighted by Gasteiger charge is -2.42. The van der Waals surface area contributed by atoms with Crippen LogP contribution in [-0.2, 0) is 4.74 Å². The number of aromatic nitrogens is 1. The van der Waals surface area contributed by atoms with Crippen molar-refractivity contribution >= 4 is 5.69 Å². The van der Waals surface area contributed by atoms with E-state index in [1.54, 1.807) is 6.20 Å². The van der Waals surface area contributed by atoms with Gasteiger partial charge in [0.05, 0.1) is 36.4 Å². The molecule has 2 saturated heterocycles. The molecule has 3 rings (SSSR count). The second-order valence-corrected chi connectivity index (χ2v) is 5.49. The number of nitrogens with one attached hydrogen (secondary N) is 1. The fourth-order valence-corrected chi connectivity index (χ4v) is 2.68. The van der Waals surface area contributed by atoms with E-state index in [4.69, 9.17) is 9.47 Å². The molecular weight excluding hydrogens is 242 g/mol. The van der Waals surface area contributed by atoms with Crippen LogP contribution in [0.4, 0.5) is 5.69 Å². The number of hydrogen-bond donors (Lipinski definition) is 1. The maximum Gasteiger partial charge on any atom is 0.140 e. The third-order valence-corrected chi connectivity index (χ3v) is 3.41. The highest BCUT2D eigenvalue weighted by Gasteiger charge is 2.31. The van der Waals surface area contributed by atoms with Crippen molar-refractivity contribution in [1.29, 1.82) is 0 Å². The summed E-state index contributed by atoms with van der Waals surface area (Å²) in [6, 6.07) is 2.07. The van der Waals surface area contributed by atoms with E-state index in [0.717, 1.165) is 37.6 Å². The Morgan fingerprint density at radius 1 is 1.32 bits per heavy atom. The summed E-state index contributed by atoms with van der Waals surface area (Å²) in [6.45, 7) is 7.74. The molecule has 5 nitrogen and oxygen atoms in total. The second-order valence-electron chi connectivity index (χ2n) is 5.49. The number of rotatable bonds is 3. The molecule has 2 aliphatic rings. The lowest BCUT2D eigenvalue weighted by molar-refractivity contribution is -0.0484. The molecular formula is C14H21N3O2. The van der Waals surface area contributed by atoms with Crippen molar-refractivity contribution in [3.05, 3.63) is 18.5 Å². The normalized spacial score (nSPS) is 26.6. The van der Waals surface area contributed by atoms with Gasteiger partial charge in [-0.05, 0) is 13.8 Å². The van der Waals surface area contributed by atoms with Crippen LogP contribution in [-0.4, -0.2) is 49.5 Å². The van der Waals surface area contributed by atoms with Crippen LogP contribution in [0.25, 0.3) is 0 Å². The predicted octanol–water partition coefficient (Wildman–Crippen LogP) is 1.05. The van der Waals surface area contributed by atoms with Crippen molar-refractivity contribution in [1.82, 2.24) is 10.3 Å². The zero-order valence-electron chi connectivity index (χ0n) is 11.5. The van der Waals surface area contributed by atoms with Crippen molar-refractivity contribution in [3.63, 3.8) is 0 Å². The van der Waals surface area contributed by atoms with E-state index in [0.29, 0.717) is 0 Å². The number of nitrogens with zero attached hydrogens (tertiary/aromatic N) is 2. The topological polar surface area (TPSA) is 46.6 Å². The summed E-state index contributed by atoms with van der Waals surface area (Å²) in [5.74, 6) is 0.835. The number of fused-ring (bicyclic) bond motifs is 2.